The van der Waals surface area contributed by atoms with Crippen molar-refractivity contribution in [1.82, 2.24) is 9.97 Å². The van der Waals surface area contributed by atoms with Crippen molar-refractivity contribution < 1.29 is 4.74 Å². The van der Waals surface area contributed by atoms with Gasteiger partial charge in [-0.25, -0.2) is 9.97 Å². The number of ether oxygens (including phenoxy) is 1. The number of methoxy groups -OCH3 is 1. The van der Waals surface area contributed by atoms with Gasteiger partial charge in [-0.15, -0.1) is 0 Å². The van der Waals surface area contributed by atoms with E-state index in [0.717, 1.165) is 27.6 Å². The second kappa shape index (κ2) is 4.85. The average Bonchev–Trinajstić information content (AvgIpc) is 2.66. The first-order valence-electron chi connectivity index (χ1n) is 5.35. The number of likely N-dealkylation sites (N-methyl/N-ethyl adjacent to an activating group) is 1. The quantitative estimate of drug-likeness (QED) is 0.896. The lowest BCUT2D eigenvalue weighted by molar-refractivity contribution is 0.206. The molecule has 0 aliphatic rings. The fraction of sp³-hybridized carbons (Fsp3) is 0.455. The number of hydrogen-bond acceptors (Lipinski definition) is 6. The highest BCUT2D eigenvalue weighted by Gasteiger charge is 2.14. The van der Waals surface area contributed by atoms with E-state index in [9.17, 15) is 0 Å². The molecule has 2 aromatic heterocycles. The zero-order chi connectivity index (χ0) is 12.4. The summed E-state index contributed by atoms with van der Waals surface area (Å²) in [7, 11) is 3.67. The topological polar surface area (TPSA) is 64.3 Å². The number of nitrogen functional groups attached to an aromatic ring is 1. The molecule has 17 heavy (non-hydrogen) atoms. The zero-order valence-corrected chi connectivity index (χ0v) is 11.0. The SMILES string of the molecule is COCCN(C)c1c(N)cnc2sc(C)nc12. The molecule has 0 aromatic carbocycles. The van der Waals surface area contributed by atoms with Crippen LogP contribution in [0.3, 0.4) is 0 Å². The second-order valence-electron chi connectivity index (χ2n) is 3.86. The van der Waals surface area contributed by atoms with E-state index < -0.39 is 0 Å². The minimum atomic E-state index is 0.654. The maximum absolute atomic E-state index is 5.99. The maximum Gasteiger partial charge on any atom is 0.145 e. The van der Waals surface area contributed by atoms with Crippen LogP contribution in [0.5, 0.6) is 0 Å². The van der Waals surface area contributed by atoms with Gasteiger partial charge >= 0.3 is 0 Å². The number of nitrogens with zero attached hydrogens (tertiary/aromatic N) is 3. The molecule has 0 aliphatic carbocycles. The number of fused-ring (bicyclic) bond motifs is 1. The summed E-state index contributed by atoms with van der Waals surface area (Å²) in [5, 5.41) is 1.000. The molecular formula is C11H16N4OS. The molecule has 0 bridgehead atoms. The first-order chi connectivity index (χ1) is 8.13. The van der Waals surface area contributed by atoms with Gasteiger partial charge in [-0.05, 0) is 6.92 Å². The molecule has 2 N–H and O–H groups in total. The van der Waals surface area contributed by atoms with Gasteiger partial charge in [-0.2, -0.15) is 0 Å². The monoisotopic (exact) mass is 252 g/mol. The van der Waals surface area contributed by atoms with Crippen LogP contribution in [-0.2, 0) is 4.74 Å². The van der Waals surface area contributed by atoms with E-state index >= 15 is 0 Å². The van der Waals surface area contributed by atoms with E-state index in [1.54, 1.807) is 24.6 Å². The summed E-state index contributed by atoms with van der Waals surface area (Å²) in [6.45, 7) is 3.40. The predicted molar refractivity (Wildman–Crippen MR) is 71.7 cm³/mol. The Kier molecular flexibility index (Phi) is 3.44. The van der Waals surface area contributed by atoms with Crippen LogP contribution < -0.4 is 10.6 Å². The molecule has 0 aliphatic heterocycles. The van der Waals surface area contributed by atoms with Crippen LogP contribution in [-0.4, -0.2) is 37.3 Å². The lowest BCUT2D eigenvalue weighted by atomic mass is 10.3. The second-order valence-corrected chi connectivity index (χ2v) is 5.04. The van der Waals surface area contributed by atoms with Gasteiger partial charge in [0.1, 0.15) is 10.3 Å². The van der Waals surface area contributed by atoms with Gasteiger partial charge in [0.2, 0.25) is 0 Å². The van der Waals surface area contributed by atoms with E-state index in [-0.39, 0.29) is 0 Å². The number of thiazole rings is 1. The van der Waals surface area contributed by atoms with E-state index in [1.807, 2.05) is 14.0 Å². The Bertz CT molecular complexity index is 525. The molecule has 0 atom stereocenters. The summed E-state index contributed by atoms with van der Waals surface area (Å²) in [6, 6.07) is 0. The van der Waals surface area contributed by atoms with Crippen LogP contribution >= 0.6 is 11.3 Å². The number of aromatic nitrogens is 2. The van der Waals surface area contributed by atoms with Gasteiger partial charge in [0.15, 0.2) is 0 Å². The van der Waals surface area contributed by atoms with Crippen molar-refractivity contribution in [2.24, 2.45) is 0 Å². The maximum atomic E-state index is 5.99. The summed E-state index contributed by atoms with van der Waals surface area (Å²) < 4.78 is 5.08. The van der Waals surface area contributed by atoms with Crippen molar-refractivity contribution in [3.63, 3.8) is 0 Å². The molecule has 2 aromatic rings. The molecule has 5 nitrogen and oxygen atoms in total. The minimum Gasteiger partial charge on any atom is -0.396 e. The number of aryl methyl sites for hydroxylation is 1. The van der Waals surface area contributed by atoms with Gasteiger partial charge in [0, 0.05) is 20.7 Å². The Morgan fingerprint density at radius 2 is 2.29 bits per heavy atom. The highest BCUT2D eigenvalue weighted by molar-refractivity contribution is 7.18. The molecule has 2 rings (SSSR count). The number of pyridine rings is 1. The summed E-state index contributed by atoms with van der Waals surface area (Å²) in [5.74, 6) is 0. The Morgan fingerprint density at radius 1 is 1.53 bits per heavy atom. The molecule has 0 unspecified atom stereocenters. The largest absolute Gasteiger partial charge is 0.396 e. The van der Waals surface area contributed by atoms with Crippen molar-refractivity contribution >= 4 is 33.1 Å². The van der Waals surface area contributed by atoms with Crippen molar-refractivity contribution in [1.29, 1.82) is 0 Å². The molecule has 0 amide bonds. The minimum absolute atomic E-state index is 0.654. The molecule has 6 heteroatoms. The first-order valence-corrected chi connectivity index (χ1v) is 6.17. The average molecular weight is 252 g/mol. The van der Waals surface area contributed by atoms with Gasteiger partial charge in [0.05, 0.1) is 29.2 Å². The highest BCUT2D eigenvalue weighted by Crippen LogP contribution is 2.32. The van der Waals surface area contributed by atoms with E-state index in [1.165, 1.54) is 0 Å². The number of rotatable bonds is 4. The third-order valence-electron chi connectivity index (χ3n) is 2.55. The van der Waals surface area contributed by atoms with Crippen molar-refractivity contribution in [2.75, 3.05) is 37.9 Å². The smallest absolute Gasteiger partial charge is 0.145 e. The van der Waals surface area contributed by atoms with Crippen LogP contribution in [0.15, 0.2) is 6.20 Å². The summed E-state index contributed by atoms with van der Waals surface area (Å²) in [4.78, 5) is 11.8. The van der Waals surface area contributed by atoms with Crippen molar-refractivity contribution in [3.05, 3.63) is 11.2 Å². The molecule has 92 valence electrons. The zero-order valence-electron chi connectivity index (χ0n) is 10.2. The van der Waals surface area contributed by atoms with Crippen LogP contribution in [0.25, 0.3) is 10.3 Å². The fourth-order valence-corrected chi connectivity index (χ4v) is 2.49. The molecule has 2 heterocycles. The highest BCUT2D eigenvalue weighted by atomic mass is 32.1. The molecule has 0 saturated carbocycles. The van der Waals surface area contributed by atoms with Crippen LogP contribution in [0.2, 0.25) is 0 Å². The lowest BCUT2D eigenvalue weighted by Gasteiger charge is -2.20. The number of anilines is 2. The third-order valence-corrected chi connectivity index (χ3v) is 3.43. The standard InChI is InChI=1S/C11H16N4OS/c1-7-14-9-10(15(2)4-5-16-3)8(12)6-13-11(9)17-7/h6H,4-5,12H2,1-3H3. The number of hydrogen-bond donors (Lipinski definition) is 1. The molecule has 0 radical (unpaired) electrons. The Labute approximate surface area is 104 Å². The summed E-state index contributed by atoms with van der Waals surface area (Å²) in [6.07, 6.45) is 1.69. The molecular weight excluding hydrogens is 236 g/mol. The third kappa shape index (κ3) is 2.32. The Hall–Kier alpha value is -1.40. The van der Waals surface area contributed by atoms with E-state index in [4.69, 9.17) is 10.5 Å². The van der Waals surface area contributed by atoms with Gasteiger partial charge in [-0.3, -0.25) is 0 Å². The van der Waals surface area contributed by atoms with Crippen LogP contribution in [0.4, 0.5) is 11.4 Å². The van der Waals surface area contributed by atoms with Crippen LogP contribution in [0.1, 0.15) is 5.01 Å². The van der Waals surface area contributed by atoms with Gasteiger partial charge in [-0.1, -0.05) is 11.3 Å². The van der Waals surface area contributed by atoms with Gasteiger partial charge in [0.25, 0.3) is 0 Å². The summed E-state index contributed by atoms with van der Waals surface area (Å²) in [5.41, 5.74) is 8.46. The van der Waals surface area contributed by atoms with E-state index in [2.05, 4.69) is 14.9 Å². The fourth-order valence-electron chi connectivity index (χ4n) is 1.73. The van der Waals surface area contributed by atoms with Crippen molar-refractivity contribution in [3.8, 4) is 0 Å². The Balaban J connectivity index is 2.46. The molecule has 0 fully saturated rings. The first kappa shape index (κ1) is 12.1. The normalized spacial score (nSPS) is 11.0. The van der Waals surface area contributed by atoms with Gasteiger partial charge < -0.3 is 15.4 Å². The lowest BCUT2D eigenvalue weighted by Crippen LogP contribution is -2.23. The van der Waals surface area contributed by atoms with Crippen LogP contribution in [0, 0.1) is 6.92 Å². The number of nitrogens with two attached hydrogens (primary N) is 1. The predicted octanol–water partition coefficient (Wildman–Crippen LogP) is 1.66. The van der Waals surface area contributed by atoms with Crippen molar-refractivity contribution in [2.45, 2.75) is 6.92 Å². The molecule has 0 saturated heterocycles. The summed E-state index contributed by atoms with van der Waals surface area (Å²) >= 11 is 1.58. The van der Waals surface area contributed by atoms with E-state index in [0.29, 0.717) is 12.3 Å². The Morgan fingerprint density at radius 3 is 3.00 bits per heavy atom. The molecule has 0 spiro atoms.